The third kappa shape index (κ3) is 4.37. The summed E-state index contributed by atoms with van der Waals surface area (Å²) in [6.07, 6.45) is 0.253. The summed E-state index contributed by atoms with van der Waals surface area (Å²) >= 11 is 2.34. The van der Waals surface area contributed by atoms with Crippen molar-refractivity contribution in [2.75, 3.05) is 6.26 Å². The van der Waals surface area contributed by atoms with Gasteiger partial charge in [-0.1, -0.05) is 18.2 Å². The summed E-state index contributed by atoms with van der Waals surface area (Å²) < 4.78 is 5.31. The normalized spacial score (nSPS) is 21.2. The monoisotopic (exact) mass is 464 g/mol. The number of esters is 1. The van der Waals surface area contributed by atoms with Crippen LogP contribution in [-0.4, -0.2) is 56.2 Å². The number of β-lactam (4-membered cyclic amide) rings is 1. The number of thioether (sulfide) groups is 1. The Balaban J connectivity index is 1.93. The van der Waals surface area contributed by atoms with Gasteiger partial charge in [0.1, 0.15) is 5.75 Å². The highest BCUT2D eigenvalue weighted by Gasteiger charge is 2.67. The van der Waals surface area contributed by atoms with Crippen LogP contribution in [0.4, 0.5) is 0 Å². The zero-order valence-corrected chi connectivity index (χ0v) is 18.2. The second-order valence-corrected chi connectivity index (χ2v) is 8.84. The Morgan fingerprint density at radius 2 is 1.97 bits per heavy atom. The fourth-order valence-corrected chi connectivity index (χ4v) is 4.90. The number of carboxylic acids is 1. The molecule has 1 aromatic heterocycles. The Kier molecular flexibility index (Phi) is 6.56. The van der Waals surface area contributed by atoms with Gasteiger partial charge in [-0.2, -0.15) is 0 Å². The standard InChI is InChI=1S/C20H20N2O7S2/c1-11(23)29-19-20(30-2,21-15(25)10-14-4-3-9-31-14)18(28)22(19)16(17(26)27)12-5-7-13(24)8-6-12/h3-9,16,19,24H,10H2,1-2H3,(H,21,25)(H,26,27). The summed E-state index contributed by atoms with van der Waals surface area (Å²) in [7, 11) is 0. The Morgan fingerprint density at radius 1 is 1.29 bits per heavy atom. The average Bonchev–Trinajstić information content (AvgIpc) is 3.22. The minimum absolute atomic E-state index is 0.0281. The van der Waals surface area contributed by atoms with E-state index in [9.17, 15) is 29.4 Å². The first-order valence-corrected chi connectivity index (χ1v) is 11.2. The number of carbonyl (C=O) groups excluding carboxylic acids is 3. The molecule has 1 aromatic carbocycles. The number of aliphatic carboxylic acids is 1. The number of carboxylic acid groups (broad SMARTS) is 1. The molecular formula is C20H20N2O7S2. The van der Waals surface area contributed by atoms with E-state index in [0.29, 0.717) is 0 Å². The molecule has 2 heterocycles. The van der Waals surface area contributed by atoms with Gasteiger partial charge >= 0.3 is 11.9 Å². The molecule has 3 unspecified atom stereocenters. The highest BCUT2D eigenvalue weighted by molar-refractivity contribution is 8.00. The van der Waals surface area contributed by atoms with Crippen LogP contribution in [0.5, 0.6) is 5.75 Å². The Labute approximate surface area is 186 Å². The number of carbonyl (C=O) groups is 4. The first kappa shape index (κ1) is 22.6. The number of phenols is 1. The minimum Gasteiger partial charge on any atom is -0.508 e. The lowest BCUT2D eigenvalue weighted by molar-refractivity contribution is -0.205. The first-order valence-electron chi connectivity index (χ1n) is 9.10. The molecule has 3 N–H and O–H groups in total. The van der Waals surface area contributed by atoms with Crippen LogP contribution in [0.25, 0.3) is 0 Å². The van der Waals surface area contributed by atoms with Gasteiger partial charge in [0.15, 0.2) is 6.04 Å². The van der Waals surface area contributed by atoms with Gasteiger partial charge in [0, 0.05) is 11.8 Å². The number of phenolic OH excluding ortho intramolecular Hbond substituents is 1. The molecule has 1 saturated heterocycles. The van der Waals surface area contributed by atoms with E-state index < -0.39 is 40.9 Å². The Bertz CT molecular complexity index is 993. The molecule has 0 radical (unpaired) electrons. The van der Waals surface area contributed by atoms with Crippen LogP contribution in [0.2, 0.25) is 0 Å². The molecule has 1 fully saturated rings. The number of benzene rings is 1. The van der Waals surface area contributed by atoms with Crippen molar-refractivity contribution in [1.82, 2.24) is 10.2 Å². The van der Waals surface area contributed by atoms with Crippen molar-refractivity contribution in [2.45, 2.75) is 30.5 Å². The highest BCUT2D eigenvalue weighted by Crippen LogP contribution is 2.45. The van der Waals surface area contributed by atoms with E-state index in [0.717, 1.165) is 28.5 Å². The second-order valence-electron chi connectivity index (χ2n) is 6.75. The van der Waals surface area contributed by atoms with Gasteiger partial charge in [0.2, 0.25) is 17.0 Å². The topological polar surface area (TPSA) is 133 Å². The summed E-state index contributed by atoms with van der Waals surface area (Å²) in [4.78, 5) is 49.7. The van der Waals surface area contributed by atoms with Crippen LogP contribution in [0.1, 0.15) is 23.4 Å². The molecule has 2 aromatic rings. The number of amides is 2. The largest absolute Gasteiger partial charge is 0.508 e. The first-order chi connectivity index (χ1) is 14.7. The summed E-state index contributed by atoms with van der Waals surface area (Å²) in [5.41, 5.74) is 0.204. The van der Waals surface area contributed by atoms with E-state index in [2.05, 4.69) is 5.32 Å². The van der Waals surface area contributed by atoms with Gasteiger partial charge in [-0.15, -0.1) is 23.1 Å². The number of hydrogen-bond donors (Lipinski definition) is 3. The molecule has 1 aliphatic heterocycles. The fourth-order valence-electron chi connectivity index (χ4n) is 3.34. The van der Waals surface area contributed by atoms with Crippen molar-refractivity contribution in [3.8, 4) is 5.75 Å². The van der Waals surface area contributed by atoms with Crippen molar-refractivity contribution < 1.29 is 34.1 Å². The molecule has 0 aliphatic carbocycles. The second kappa shape index (κ2) is 8.98. The van der Waals surface area contributed by atoms with E-state index in [1.165, 1.54) is 35.6 Å². The van der Waals surface area contributed by atoms with Gasteiger partial charge < -0.3 is 20.3 Å². The van der Waals surface area contributed by atoms with E-state index in [1.807, 2.05) is 5.38 Å². The van der Waals surface area contributed by atoms with Gasteiger partial charge in [0.25, 0.3) is 5.91 Å². The van der Waals surface area contributed by atoms with Crippen LogP contribution in [-0.2, 0) is 30.3 Å². The molecule has 3 atom stereocenters. The van der Waals surface area contributed by atoms with Gasteiger partial charge in [-0.25, -0.2) is 4.79 Å². The predicted octanol–water partition coefficient (Wildman–Crippen LogP) is 1.73. The molecule has 31 heavy (non-hydrogen) atoms. The van der Waals surface area contributed by atoms with Crippen LogP contribution >= 0.6 is 23.1 Å². The molecular weight excluding hydrogens is 444 g/mol. The maximum absolute atomic E-state index is 13.2. The van der Waals surface area contributed by atoms with Crippen LogP contribution < -0.4 is 5.32 Å². The molecule has 3 rings (SSSR count). The highest BCUT2D eigenvalue weighted by atomic mass is 32.2. The number of likely N-dealkylation sites (tertiary alicyclic amines) is 1. The Morgan fingerprint density at radius 3 is 2.48 bits per heavy atom. The number of ether oxygens (including phenoxy) is 1. The van der Waals surface area contributed by atoms with Crippen molar-refractivity contribution in [3.05, 3.63) is 52.2 Å². The predicted molar refractivity (Wildman–Crippen MR) is 113 cm³/mol. The van der Waals surface area contributed by atoms with Crippen molar-refractivity contribution in [2.24, 2.45) is 0 Å². The molecule has 0 saturated carbocycles. The average molecular weight is 465 g/mol. The number of rotatable bonds is 8. The molecule has 0 bridgehead atoms. The zero-order valence-electron chi connectivity index (χ0n) is 16.6. The maximum atomic E-state index is 13.2. The zero-order chi connectivity index (χ0) is 22.8. The molecule has 9 nitrogen and oxygen atoms in total. The van der Waals surface area contributed by atoms with E-state index in [1.54, 1.807) is 18.4 Å². The lowest BCUT2D eigenvalue weighted by Gasteiger charge is -2.55. The number of nitrogens with one attached hydrogen (secondary N) is 1. The van der Waals surface area contributed by atoms with Crippen molar-refractivity contribution >= 4 is 46.9 Å². The number of hydrogen-bond acceptors (Lipinski definition) is 8. The molecule has 1 aliphatic rings. The Hall–Kier alpha value is -3.05. The van der Waals surface area contributed by atoms with Gasteiger partial charge in [-0.3, -0.25) is 19.3 Å². The quantitative estimate of drug-likeness (QED) is 0.306. The van der Waals surface area contributed by atoms with Crippen LogP contribution in [0.15, 0.2) is 41.8 Å². The smallest absolute Gasteiger partial charge is 0.331 e. The number of nitrogens with zero attached hydrogens (tertiary/aromatic N) is 1. The summed E-state index contributed by atoms with van der Waals surface area (Å²) in [6, 6.07) is 7.40. The third-order valence-corrected chi connectivity index (χ3v) is 6.71. The lowest BCUT2D eigenvalue weighted by Crippen LogP contribution is -2.80. The minimum atomic E-state index is -1.65. The van der Waals surface area contributed by atoms with Crippen molar-refractivity contribution in [1.29, 1.82) is 0 Å². The molecule has 11 heteroatoms. The summed E-state index contributed by atoms with van der Waals surface area (Å²) in [5.74, 6) is -3.32. The van der Waals surface area contributed by atoms with Crippen LogP contribution in [0.3, 0.4) is 0 Å². The van der Waals surface area contributed by atoms with E-state index in [-0.39, 0.29) is 17.7 Å². The maximum Gasteiger partial charge on any atom is 0.331 e. The SMILES string of the molecule is CSC1(NC(=O)Cc2cccs2)C(=O)N(C(C(=O)O)c2ccc(O)cc2)C1OC(C)=O. The lowest BCUT2D eigenvalue weighted by atomic mass is 9.95. The molecule has 2 amide bonds. The van der Waals surface area contributed by atoms with E-state index >= 15 is 0 Å². The number of aromatic hydroxyl groups is 1. The van der Waals surface area contributed by atoms with E-state index in [4.69, 9.17) is 4.74 Å². The van der Waals surface area contributed by atoms with Crippen molar-refractivity contribution in [3.63, 3.8) is 0 Å². The third-order valence-electron chi connectivity index (χ3n) is 4.71. The molecule has 164 valence electrons. The summed E-state index contributed by atoms with van der Waals surface area (Å²) in [6.45, 7) is 1.13. The van der Waals surface area contributed by atoms with Gasteiger partial charge in [-0.05, 0) is 35.4 Å². The van der Waals surface area contributed by atoms with Gasteiger partial charge in [0.05, 0.1) is 6.42 Å². The fraction of sp³-hybridized carbons (Fsp3) is 0.300. The number of thiophene rings is 1. The molecule has 0 spiro atoms. The van der Waals surface area contributed by atoms with Crippen LogP contribution in [0, 0.1) is 0 Å². The summed E-state index contributed by atoms with van der Waals surface area (Å²) in [5, 5.41) is 23.8.